The highest BCUT2D eigenvalue weighted by molar-refractivity contribution is 7.98. The van der Waals surface area contributed by atoms with E-state index in [4.69, 9.17) is 11.1 Å². The van der Waals surface area contributed by atoms with Crippen LogP contribution in [-0.4, -0.2) is 11.6 Å². The Morgan fingerprint density at radius 1 is 1.29 bits per heavy atom. The molecule has 0 saturated carbocycles. The molecule has 14 heavy (non-hydrogen) atoms. The minimum atomic E-state index is 0.297. The van der Waals surface area contributed by atoms with Crippen LogP contribution in [0.4, 0.5) is 0 Å². The van der Waals surface area contributed by atoms with E-state index in [1.54, 1.807) is 0 Å². The maximum absolute atomic E-state index is 7.06. The largest absolute Gasteiger partial charge is 0.388 e. The van der Waals surface area contributed by atoms with Crippen LogP contribution in [0.15, 0.2) is 30.3 Å². The van der Waals surface area contributed by atoms with E-state index in [0.29, 0.717) is 5.84 Å². The van der Waals surface area contributed by atoms with E-state index >= 15 is 0 Å². The average Bonchev–Trinajstić information content (AvgIpc) is 2.18. The molecule has 2 nitrogen and oxygen atoms in total. The summed E-state index contributed by atoms with van der Waals surface area (Å²) in [5.74, 6) is 2.43. The second-order valence-electron chi connectivity index (χ2n) is 3.17. The molecule has 76 valence electrons. The molecule has 1 aromatic rings. The first kappa shape index (κ1) is 11.1. The van der Waals surface area contributed by atoms with Crippen molar-refractivity contribution in [2.75, 3.05) is 5.75 Å². The molecule has 0 aromatic heterocycles. The third-order valence-corrected chi connectivity index (χ3v) is 2.96. The van der Waals surface area contributed by atoms with E-state index in [0.717, 1.165) is 24.3 Å². The van der Waals surface area contributed by atoms with Gasteiger partial charge in [0.15, 0.2) is 0 Å². The van der Waals surface area contributed by atoms with Crippen molar-refractivity contribution in [1.29, 1.82) is 5.41 Å². The summed E-state index contributed by atoms with van der Waals surface area (Å²) in [7, 11) is 0. The second kappa shape index (κ2) is 6.49. The van der Waals surface area contributed by atoms with Crippen molar-refractivity contribution < 1.29 is 0 Å². The lowest BCUT2D eigenvalue weighted by Crippen LogP contribution is -2.08. The number of nitrogens with two attached hydrogens (primary N) is 1. The summed E-state index contributed by atoms with van der Waals surface area (Å²) in [6.07, 6.45) is 1.73. The molecule has 0 spiro atoms. The minimum Gasteiger partial charge on any atom is -0.388 e. The van der Waals surface area contributed by atoms with Gasteiger partial charge in [0.1, 0.15) is 0 Å². The summed E-state index contributed by atoms with van der Waals surface area (Å²) in [4.78, 5) is 0. The molecule has 0 fully saturated rings. The summed E-state index contributed by atoms with van der Waals surface area (Å²) >= 11 is 1.90. The number of hydrogen-bond donors (Lipinski definition) is 2. The van der Waals surface area contributed by atoms with E-state index in [-0.39, 0.29) is 0 Å². The van der Waals surface area contributed by atoms with E-state index in [1.165, 1.54) is 5.56 Å². The second-order valence-corrected chi connectivity index (χ2v) is 4.27. The van der Waals surface area contributed by atoms with Crippen molar-refractivity contribution in [1.82, 2.24) is 0 Å². The Balaban J connectivity index is 2.08. The van der Waals surface area contributed by atoms with Crippen LogP contribution in [0, 0.1) is 5.41 Å². The summed E-state index contributed by atoms with van der Waals surface area (Å²) in [6.45, 7) is 0. The predicted molar refractivity (Wildman–Crippen MR) is 63.8 cm³/mol. The van der Waals surface area contributed by atoms with Crippen LogP contribution >= 0.6 is 11.8 Å². The van der Waals surface area contributed by atoms with E-state index in [2.05, 4.69) is 24.3 Å². The zero-order valence-corrected chi connectivity index (χ0v) is 9.02. The third kappa shape index (κ3) is 4.92. The average molecular weight is 208 g/mol. The van der Waals surface area contributed by atoms with Crippen molar-refractivity contribution in [3.63, 3.8) is 0 Å². The fourth-order valence-corrected chi connectivity index (χ4v) is 2.05. The summed E-state index contributed by atoms with van der Waals surface area (Å²) < 4.78 is 0. The molecule has 0 amide bonds. The topological polar surface area (TPSA) is 49.9 Å². The lowest BCUT2D eigenvalue weighted by molar-refractivity contribution is 0.988. The fourth-order valence-electron chi connectivity index (χ4n) is 1.13. The highest BCUT2D eigenvalue weighted by Crippen LogP contribution is 2.12. The SMILES string of the molecule is N=C(N)CCCSCc1ccccc1. The Labute approximate surface area is 89.4 Å². The lowest BCUT2D eigenvalue weighted by Gasteiger charge is -2.01. The third-order valence-electron chi connectivity index (χ3n) is 1.85. The number of hydrogen-bond acceptors (Lipinski definition) is 2. The molecular formula is C11H16N2S. The predicted octanol–water partition coefficient (Wildman–Crippen LogP) is 2.64. The first-order chi connectivity index (χ1) is 6.79. The zero-order chi connectivity index (χ0) is 10.2. The molecule has 0 heterocycles. The van der Waals surface area contributed by atoms with Gasteiger partial charge in [-0.3, -0.25) is 5.41 Å². The molecule has 0 aliphatic heterocycles. The Morgan fingerprint density at radius 3 is 2.64 bits per heavy atom. The Morgan fingerprint density at radius 2 is 2.00 bits per heavy atom. The van der Waals surface area contributed by atoms with Crippen LogP contribution in [0.5, 0.6) is 0 Å². The zero-order valence-electron chi connectivity index (χ0n) is 8.20. The number of benzene rings is 1. The van der Waals surface area contributed by atoms with Gasteiger partial charge in [0.05, 0.1) is 5.84 Å². The van der Waals surface area contributed by atoms with Crippen molar-refractivity contribution in [3.05, 3.63) is 35.9 Å². The molecule has 0 aliphatic carbocycles. The first-order valence-electron chi connectivity index (χ1n) is 4.73. The van der Waals surface area contributed by atoms with Gasteiger partial charge in [-0.05, 0) is 17.7 Å². The molecule has 0 atom stereocenters. The molecule has 0 bridgehead atoms. The highest BCUT2D eigenvalue weighted by atomic mass is 32.2. The molecule has 3 N–H and O–H groups in total. The maximum Gasteiger partial charge on any atom is 0.0905 e. The normalized spacial score (nSPS) is 10.0. The van der Waals surface area contributed by atoms with Crippen LogP contribution in [0.3, 0.4) is 0 Å². The van der Waals surface area contributed by atoms with E-state index in [9.17, 15) is 0 Å². The van der Waals surface area contributed by atoms with Crippen LogP contribution in [-0.2, 0) is 5.75 Å². The van der Waals surface area contributed by atoms with Crippen LogP contribution < -0.4 is 5.73 Å². The number of rotatable bonds is 6. The van der Waals surface area contributed by atoms with Gasteiger partial charge in [0.25, 0.3) is 0 Å². The van der Waals surface area contributed by atoms with E-state index < -0.39 is 0 Å². The standard InChI is InChI=1S/C11H16N2S/c12-11(13)7-4-8-14-9-10-5-2-1-3-6-10/h1-3,5-6H,4,7-9H2,(H3,12,13). The number of nitrogens with one attached hydrogen (secondary N) is 1. The molecule has 0 aliphatic rings. The van der Waals surface area contributed by atoms with Crippen LogP contribution in [0.25, 0.3) is 0 Å². The summed E-state index contributed by atoms with van der Waals surface area (Å²) in [5, 5.41) is 7.06. The lowest BCUT2D eigenvalue weighted by atomic mass is 10.2. The van der Waals surface area contributed by atoms with Crippen molar-refractivity contribution in [2.45, 2.75) is 18.6 Å². The first-order valence-corrected chi connectivity index (χ1v) is 5.89. The molecular weight excluding hydrogens is 192 g/mol. The summed E-state index contributed by atoms with van der Waals surface area (Å²) in [5.41, 5.74) is 6.62. The van der Waals surface area contributed by atoms with E-state index in [1.807, 2.05) is 17.8 Å². The van der Waals surface area contributed by atoms with Crippen molar-refractivity contribution in [3.8, 4) is 0 Å². The fraction of sp³-hybridized carbons (Fsp3) is 0.364. The Hall–Kier alpha value is -0.960. The summed E-state index contributed by atoms with van der Waals surface area (Å²) in [6, 6.07) is 10.4. The molecule has 1 aromatic carbocycles. The van der Waals surface area contributed by atoms with Gasteiger partial charge in [-0.2, -0.15) is 11.8 Å². The van der Waals surface area contributed by atoms with Gasteiger partial charge < -0.3 is 5.73 Å². The Kier molecular flexibility index (Phi) is 5.15. The molecule has 1 rings (SSSR count). The molecule has 0 radical (unpaired) electrons. The monoisotopic (exact) mass is 208 g/mol. The van der Waals surface area contributed by atoms with Crippen LogP contribution in [0.2, 0.25) is 0 Å². The van der Waals surface area contributed by atoms with Gasteiger partial charge in [0.2, 0.25) is 0 Å². The van der Waals surface area contributed by atoms with Crippen molar-refractivity contribution >= 4 is 17.6 Å². The quantitative estimate of drug-likeness (QED) is 0.429. The van der Waals surface area contributed by atoms with Gasteiger partial charge >= 0.3 is 0 Å². The maximum atomic E-state index is 7.06. The van der Waals surface area contributed by atoms with Gasteiger partial charge in [-0.25, -0.2) is 0 Å². The van der Waals surface area contributed by atoms with Gasteiger partial charge in [-0.15, -0.1) is 0 Å². The minimum absolute atomic E-state index is 0.297. The van der Waals surface area contributed by atoms with Gasteiger partial charge in [-0.1, -0.05) is 30.3 Å². The number of amidine groups is 1. The smallest absolute Gasteiger partial charge is 0.0905 e. The highest BCUT2D eigenvalue weighted by Gasteiger charge is 1.93. The molecule has 0 unspecified atom stereocenters. The van der Waals surface area contributed by atoms with Crippen LogP contribution in [0.1, 0.15) is 18.4 Å². The van der Waals surface area contributed by atoms with Gasteiger partial charge in [0, 0.05) is 12.2 Å². The number of thioether (sulfide) groups is 1. The van der Waals surface area contributed by atoms with Crippen molar-refractivity contribution in [2.24, 2.45) is 5.73 Å². The Bertz CT molecular complexity index is 272. The molecule has 0 saturated heterocycles. The molecule has 3 heteroatoms.